The van der Waals surface area contributed by atoms with Crippen molar-refractivity contribution in [3.63, 3.8) is 0 Å². The van der Waals surface area contributed by atoms with Crippen LogP contribution in [0.15, 0.2) is 52.3 Å². The first kappa shape index (κ1) is 28.0. The molecule has 14 nitrogen and oxygen atoms in total. The minimum Gasteiger partial charge on any atom is -0.467 e. The van der Waals surface area contributed by atoms with Gasteiger partial charge in [0.1, 0.15) is 30.0 Å². The van der Waals surface area contributed by atoms with E-state index in [1.165, 1.54) is 18.4 Å². The zero-order valence-corrected chi connectivity index (χ0v) is 21.8. The Hall–Kier alpha value is -5.01. The Kier molecular flexibility index (Phi) is 7.98. The number of rotatable bonds is 10. The highest BCUT2D eigenvalue weighted by molar-refractivity contribution is 6.24. The predicted octanol–water partition coefficient (Wildman–Crippen LogP) is 2.61. The van der Waals surface area contributed by atoms with E-state index in [1.807, 2.05) is 0 Å². The third-order valence-corrected chi connectivity index (χ3v) is 6.23. The second kappa shape index (κ2) is 11.4. The third-order valence-electron chi connectivity index (χ3n) is 6.23. The molecule has 2 aliphatic rings. The number of hydrogen-bond acceptors (Lipinski definition) is 10. The second-order valence-corrected chi connectivity index (χ2v) is 9.35. The molecule has 14 heteroatoms. The van der Waals surface area contributed by atoms with E-state index in [2.05, 4.69) is 10.6 Å². The van der Waals surface area contributed by atoms with Crippen molar-refractivity contribution >= 4 is 35.5 Å². The van der Waals surface area contributed by atoms with E-state index in [-0.39, 0.29) is 41.5 Å². The predicted molar refractivity (Wildman–Crippen MR) is 135 cm³/mol. The first-order valence-electron chi connectivity index (χ1n) is 12.4. The molecule has 3 heterocycles. The van der Waals surface area contributed by atoms with Gasteiger partial charge in [0, 0.05) is 6.07 Å². The van der Waals surface area contributed by atoms with Gasteiger partial charge in [0.25, 0.3) is 17.5 Å². The summed E-state index contributed by atoms with van der Waals surface area (Å²) in [6.07, 6.45) is 1.35. The van der Waals surface area contributed by atoms with Gasteiger partial charge < -0.3 is 24.5 Å². The van der Waals surface area contributed by atoms with Crippen LogP contribution >= 0.6 is 0 Å². The molecule has 0 spiro atoms. The molecule has 0 fully saturated rings. The maximum absolute atomic E-state index is 13.4. The fourth-order valence-corrected chi connectivity index (χ4v) is 4.56. The molecule has 0 saturated heterocycles. The zero-order valence-electron chi connectivity index (χ0n) is 21.8. The number of nitrogens with zero attached hydrogens (tertiary/aromatic N) is 2. The topological polar surface area (TPSA) is 187 Å². The van der Waals surface area contributed by atoms with Gasteiger partial charge in [0.05, 0.1) is 34.6 Å². The molecule has 0 saturated carbocycles. The van der Waals surface area contributed by atoms with Crippen LogP contribution in [0.2, 0.25) is 0 Å². The van der Waals surface area contributed by atoms with Gasteiger partial charge in [-0.2, -0.15) is 0 Å². The zero-order chi connectivity index (χ0) is 29.1. The van der Waals surface area contributed by atoms with E-state index in [1.54, 1.807) is 32.9 Å². The summed E-state index contributed by atoms with van der Waals surface area (Å²) < 4.78 is 15.9. The van der Waals surface area contributed by atoms with Gasteiger partial charge in [-0.05, 0) is 37.5 Å². The molecule has 2 aliphatic heterocycles. The highest BCUT2D eigenvalue weighted by atomic mass is 16.6. The average Bonchev–Trinajstić information content (AvgIpc) is 3.52. The molecule has 4 amide bonds. The van der Waals surface area contributed by atoms with Crippen molar-refractivity contribution in [1.82, 2.24) is 15.5 Å². The molecular weight excluding hydrogens is 528 g/mol. The van der Waals surface area contributed by atoms with Crippen molar-refractivity contribution in [3.05, 3.63) is 74.9 Å². The summed E-state index contributed by atoms with van der Waals surface area (Å²) in [5.74, 6) is -3.64. The molecule has 0 unspecified atom stereocenters. The van der Waals surface area contributed by atoms with Crippen LogP contribution in [0.3, 0.4) is 0 Å². The number of fused-ring (bicyclic) bond motifs is 1. The fourth-order valence-electron chi connectivity index (χ4n) is 4.56. The number of nitro groups is 1. The van der Waals surface area contributed by atoms with E-state index in [0.717, 1.165) is 6.07 Å². The van der Waals surface area contributed by atoms with Crippen molar-refractivity contribution in [2.24, 2.45) is 5.92 Å². The number of carbonyl (C=O) groups is 5. The Labute approximate surface area is 227 Å². The maximum Gasteiger partial charge on any atom is 0.338 e. The fraction of sp³-hybridized carbons (Fsp3) is 0.346. The van der Waals surface area contributed by atoms with Gasteiger partial charge in [-0.1, -0.05) is 19.9 Å². The molecule has 1 aromatic heterocycles. The molecule has 0 bridgehead atoms. The Morgan fingerprint density at radius 1 is 1.12 bits per heavy atom. The van der Waals surface area contributed by atoms with Crippen molar-refractivity contribution < 1.29 is 42.8 Å². The lowest BCUT2D eigenvalue weighted by molar-refractivity contribution is -0.385. The summed E-state index contributed by atoms with van der Waals surface area (Å²) in [7, 11) is 0. The SMILES string of the molecule is CCOC(=O)C1=C(COC(=O)[C@@H](CC(C)C)N2C(=O)c3cccc([N+](=O)[O-])c3C2=O)NC(=O)N[C@H]1c1ccco1. The lowest BCUT2D eigenvalue weighted by Crippen LogP contribution is -2.48. The third kappa shape index (κ3) is 5.28. The molecule has 1 aromatic carbocycles. The summed E-state index contributed by atoms with van der Waals surface area (Å²) in [6, 6.07) is 3.58. The van der Waals surface area contributed by atoms with Crippen LogP contribution in [0.4, 0.5) is 10.5 Å². The normalized spacial score (nSPS) is 17.4. The highest BCUT2D eigenvalue weighted by Crippen LogP contribution is 2.34. The van der Waals surface area contributed by atoms with E-state index < -0.39 is 64.6 Å². The molecule has 4 rings (SSSR count). The molecule has 2 aromatic rings. The summed E-state index contributed by atoms with van der Waals surface area (Å²) in [5, 5.41) is 16.5. The van der Waals surface area contributed by atoms with E-state index in [9.17, 15) is 34.1 Å². The van der Waals surface area contributed by atoms with Gasteiger partial charge in [-0.15, -0.1) is 0 Å². The van der Waals surface area contributed by atoms with Crippen LogP contribution in [-0.4, -0.2) is 58.9 Å². The largest absolute Gasteiger partial charge is 0.467 e. The molecule has 0 radical (unpaired) electrons. The van der Waals surface area contributed by atoms with Crippen LogP contribution in [0.5, 0.6) is 0 Å². The maximum atomic E-state index is 13.4. The van der Waals surface area contributed by atoms with Crippen LogP contribution < -0.4 is 10.6 Å². The molecule has 40 heavy (non-hydrogen) atoms. The Morgan fingerprint density at radius 3 is 2.50 bits per heavy atom. The number of nitro benzene ring substituents is 1. The number of esters is 2. The highest BCUT2D eigenvalue weighted by Gasteiger charge is 2.47. The number of nitrogens with one attached hydrogen (secondary N) is 2. The van der Waals surface area contributed by atoms with Crippen molar-refractivity contribution in [1.29, 1.82) is 0 Å². The number of furan rings is 1. The quantitative estimate of drug-likeness (QED) is 0.191. The van der Waals surface area contributed by atoms with Crippen LogP contribution in [0.1, 0.15) is 59.7 Å². The summed E-state index contributed by atoms with van der Waals surface area (Å²) in [5.41, 5.74) is -1.31. The first-order chi connectivity index (χ1) is 19.0. The number of amides is 4. The van der Waals surface area contributed by atoms with Crippen LogP contribution in [-0.2, 0) is 19.1 Å². The molecule has 2 atom stereocenters. The van der Waals surface area contributed by atoms with E-state index in [4.69, 9.17) is 13.9 Å². The number of hydrogen-bond donors (Lipinski definition) is 2. The number of ether oxygens (including phenoxy) is 2. The van der Waals surface area contributed by atoms with Crippen LogP contribution in [0, 0.1) is 16.0 Å². The average molecular weight is 555 g/mol. The number of urea groups is 1. The number of imide groups is 1. The Bertz CT molecular complexity index is 1410. The van der Waals surface area contributed by atoms with Gasteiger partial charge >= 0.3 is 18.0 Å². The van der Waals surface area contributed by atoms with Gasteiger partial charge in [-0.3, -0.25) is 24.6 Å². The summed E-state index contributed by atoms with van der Waals surface area (Å²) in [6.45, 7) is 4.51. The van der Waals surface area contributed by atoms with Gasteiger partial charge in [0.15, 0.2) is 0 Å². The number of benzene rings is 1. The minimum absolute atomic E-state index is 0.00911. The molecule has 0 aliphatic carbocycles. The molecular formula is C26H26N4O10. The second-order valence-electron chi connectivity index (χ2n) is 9.35. The van der Waals surface area contributed by atoms with Crippen molar-refractivity contribution in [2.75, 3.05) is 13.2 Å². The molecule has 210 valence electrons. The summed E-state index contributed by atoms with van der Waals surface area (Å²) in [4.78, 5) is 76.4. The lowest BCUT2D eigenvalue weighted by Gasteiger charge is -2.29. The molecule has 2 N–H and O–H groups in total. The van der Waals surface area contributed by atoms with Crippen LogP contribution in [0.25, 0.3) is 0 Å². The Morgan fingerprint density at radius 2 is 1.88 bits per heavy atom. The monoisotopic (exact) mass is 554 g/mol. The number of carbonyl (C=O) groups excluding carboxylic acids is 5. The van der Waals surface area contributed by atoms with Gasteiger partial charge in [-0.25, -0.2) is 14.4 Å². The standard InChI is InChI=1S/C26H26N4O10/c1-4-38-25(34)20-15(27-26(35)28-21(20)18-9-6-10-39-18)12-40-24(33)17(11-13(2)3)29-22(31)14-7-5-8-16(30(36)37)19(14)23(29)32/h5-10,13,17,21H,4,11-12H2,1-3H3,(H2,27,28,35)/t17-,21+/m1/s1. The van der Waals surface area contributed by atoms with Crippen molar-refractivity contribution in [2.45, 2.75) is 39.3 Å². The minimum atomic E-state index is -1.43. The smallest absolute Gasteiger partial charge is 0.338 e. The van der Waals surface area contributed by atoms with Crippen molar-refractivity contribution in [3.8, 4) is 0 Å². The lowest BCUT2D eigenvalue weighted by atomic mass is 10.00. The van der Waals surface area contributed by atoms with E-state index >= 15 is 0 Å². The first-order valence-corrected chi connectivity index (χ1v) is 12.4. The van der Waals surface area contributed by atoms with Gasteiger partial charge in [0.2, 0.25) is 0 Å². The Balaban J connectivity index is 1.65. The van der Waals surface area contributed by atoms with E-state index in [0.29, 0.717) is 4.90 Å². The summed E-state index contributed by atoms with van der Waals surface area (Å²) >= 11 is 0.